The van der Waals surface area contributed by atoms with Crippen LogP contribution >= 0.6 is 27.5 Å². The molecule has 0 fully saturated rings. The van der Waals surface area contributed by atoms with Gasteiger partial charge in [0.1, 0.15) is 0 Å². The summed E-state index contributed by atoms with van der Waals surface area (Å²) in [7, 11) is 1.61. The minimum atomic E-state index is 0.717. The van der Waals surface area contributed by atoms with E-state index in [0.29, 0.717) is 5.02 Å². The smallest absolute Gasteiger partial charge is 0.0830 e. The number of rotatable bonds is 2. The van der Waals surface area contributed by atoms with E-state index >= 15 is 0 Å². The van der Waals surface area contributed by atoms with Crippen molar-refractivity contribution in [2.75, 3.05) is 7.11 Å². The molecule has 0 aliphatic heterocycles. The lowest BCUT2D eigenvalue weighted by Gasteiger charge is -1.98. The SMILES string of the molecule is CO/C=C/c1cc(Cl)ccc1Br. The van der Waals surface area contributed by atoms with E-state index in [1.54, 1.807) is 13.4 Å². The molecule has 0 unspecified atom stereocenters. The second-order valence-electron chi connectivity index (χ2n) is 2.20. The first-order valence-electron chi connectivity index (χ1n) is 3.38. The van der Waals surface area contributed by atoms with Crippen LogP contribution in [0.15, 0.2) is 28.9 Å². The van der Waals surface area contributed by atoms with Gasteiger partial charge in [0.2, 0.25) is 0 Å². The zero-order valence-electron chi connectivity index (χ0n) is 6.55. The van der Waals surface area contributed by atoms with Gasteiger partial charge in [-0.2, -0.15) is 0 Å². The summed E-state index contributed by atoms with van der Waals surface area (Å²) in [5.41, 5.74) is 1.00. The van der Waals surface area contributed by atoms with Crippen LogP contribution < -0.4 is 0 Å². The van der Waals surface area contributed by atoms with E-state index in [-0.39, 0.29) is 0 Å². The first-order valence-corrected chi connectivity index (χ1v) is 4.55. The summed E-state index contributed by atoms with van der Waals surface area (Å²) in [5.74, 6) is 0. The van der Waals surface area contributed by atoms with E-state index < -0.39 is 0 Å². The van der Waals surface area contributed by atoms with Crippen molar-refractivity contribution in [2.45, 2.75) is 0 Å². The van der Waals surface area contributed by atoms with Gasteiger partial charge in [-0.3, -0.25) is 0 Å². The van der Waals surface area contributed by atoms with Crippen LogP contribution in [0.5, 0.6) is 0 Å². The van der Waals surface area contributed by atoms with Crippen molar-refractivity contribution >= 4 is 33.6 Å². The molecule has 0 spiro atoms. The molecule has 12 heavy (non-hydrogen) atoms. The van der Waals surface area contributed by atoms with Crippen LogP contribution in [0.2, 0.25) is 5.02 Å². The number of halogens is 2. The third-order valence-electron chi connectivity index (χ3n) is 1.34. The molecular weight excluding hydrogens is 239 g/mol. The lowest BCUT2D eigenvalue weighted by Crippen LogP contribution is -1.75. The molecule has 0 heterocycles. The molecule has 1 aromatic carbocycles. The lowest BCUT2D eigenvalue weighted by molar-refractivity contribution is 0.341. The van der Waals surface area contributed by atoms with E-state index in [4.69, 9.17) is 16.3 Å². The van der Waals surface area contributed by atoms with Crippen LogP contribution in [-0.2, 0) is 4.74 Å². The Morgan fingerprint density at radius 3 is 2.92 bits per heavy atom. The predicted molar refractivity (Wildman–Crippen MR) is 55.2 cm³/mol. The number of hydrogen-bond acceptors (Lipinski definition) is 1. The maximum absolute atomic E-state index is 5.80. The van der Waals surface area contributed by atoms with Gasteiger partial charge in [-0.05, 0) is 29.8 Å². The summed E-state index contributed by atoms with van der Waals surface area (Å²) >= 11 is 9.20. The fraction of sp³-hybridized carbons (Fsp3) is 0.111. The van der Waals surface area contributed by atoms with Gasteiger partial charge >= 0.3 is 0 Å². The van der Waals surface area contributed by atoms with Crippen molar-refractivity contribution in [1.29, 1.82) is 0 Å². The van der Waals surface area contributed by atoms with Crippen LogP contribution in [-0.4, -0.2) is 7.11 Å². The second kappa shape index (κ2) is 4.53. The molecule has 0 saturated heterocycles. The Morgan fingerprint density at radius 2 is 2.25 bits per heavy atom. The third-order valence-corrected chi connectivity index (χ3v) is 2.30. The van der Waals surface area contributed by atoms with E-state index in [0.717, 1.165) is 10.0 Å². The molecular formula is C9H8BrClO. The molecule has 0 aliphatic rings. The van der Waals surface area contributed by atoms with Gasteiger partial charge in [0, 0.05) is 9.50 Å². The monoisotopic (exact) mass is 246 g/mol. The van der Waals surface area contributed by atoms with Crippen LogP contribution in [0.3, 0.4) is 0 Å². The Balaban J connectivity index is 2.97. The summed E-state index contributed by atoms with van der Waals surface area (Å²) < 4.78 is 5.80. The molecule has 0 amide bonds. The van der Waals surface area contributed by atoms with Crippen LogP contribution in [0.25, 0.3) is 6.08 Å². The first kappa shape index (κ1) is 9.62. The van der Waals surface area contributed by atoms with Gasteiger partial charge in [-0.1, -0.05) is 27.5 Å². The Kier molecular flexibility index (Phi) is 3.63. The summed E-state index contributed by atoms with van der Waals surface area (Å²) in [6.07, 6.45) is 3.45. The molecule has 1 aromatic rings. The van der Waals surface area contributed by atoms with E-state index in [9.17, 15) is 0 Å². The molecule has 0 N–H and O–H groups in total. The van der Waals surface area contributed by atoms with Gasteiger partial charge < -0.3 is 4.74 Å². The maximum Gasteiger partial charge on any atom is 0.0830 e. The van der Waals surface area contributed by atoms with E-state index in [1.807, 2.05) is 24.3 Å². The largest absolute Gasteiger partial charge is 0.504 e. The Morgan fingerprint density at radius 1 is 1.50 bits per heavy atom. The highest BCUT2D eigenvalue weighted by atomic mass is 79.9. The summed E-state index contributed by atoms with van der Waals surface area (Å²) in [6.45, 7) is 0. The van der Waals surface area contributed by atoms with Crippen molar-refractivity contribution < 1.29 is 4.74 Å². The Hall–Kier alpha value is -0.470. The van der Waals surface area contributed by atoms with Gasteiger partial charge in [0.05, 0.1) is 13.4 Å². The van der Waals surface area contributed by atoms with Gasteiger partial charge in [0.15, 0.2) is 0 Å². The molecule has 1 rings (SSSR count). The average molecular weight is 248 g/mol. The second-order valence-corrected chi connectivity index (χ2v) is 3.50. The predicted octanol–water partition coefficient (Wildman–Crippen LogP) is 3.72. The summed E-state index contributed by atoms with van der Waals surface area (Å²) in [4.78, 5) is 0. The zero-order valence-corrected chi connectivity index (χ0v) is 8.89. The minimum Gasteiger partial charge on any atom is -0.504 e. The molecule has 0 atom stereocenters. The van der Waals surface area contributed by atoms with Crippen LogP contribution in [0, 0.1) is 0 Å². The highest BCUT2D eigenvalue weighted by molar-refractivity contribution is 9.10. The van der Waals surface area contributed by atoms with Gasteiger partial charge in [-0.15, -0.1) is 0 Å². The topological polar surface area (TPSA) is 9.23 Å². The summed E-state index contributed by atoms with van der Waals surface area (Å²) in [6, 6.07) is 5.59. The molecule has 0 radical (unpaired) electrons. The number of benzene rings is 1. The van der Waals surface area contributed by atoms with Crippen LogP contribution in [0.1, 0.15) is 5.56 Å². The summed E-state index contributed by atoms with van der Waals surface area (Å²) in [5, 5.41) is 0.717. The quantitative estimate of drug-likeness (QED) is 0.724. The Bertz CT molecular complexity index is 297. The highest BCUT2D eigenvalue weighted by Gasteiger charge is 1.95. The van der Waals surface area contributed by atoms with Crippen molar-refractivity contribution in [1.82, 2.24) is 0 Å². The fourth-order valence-electron chi connectivity index (χ4n) is 0.784. The van der Waals surface area contributed by atoms with Crippen molar-refractivity contribution in [3.05, 3.63) is 39.5 Å². The van der Waals surface area contributed by atoms with Crippen molar-refractivity contribution in [3.63, 3.8) is 0 Å². The molecule has 0 bridgehead atoms. The maximum atomic E-state index is 5.80. The third kappa shape index (κ3) is 2.54. The molecule has 64 valence electrons. The number of hydrogen-bond donors (Lipinski definition) is 0. The first-order chi connectivity index (χ1) is 5.74. The molecule has 3 heteroatoms. The van der Waals surface area contributed by atoms with E-state index in [2.05, 4.69) is 15.9 Å². The number of ether oxygens (including phenoxy) is 1. The lowest BCUT2D eigenvalue weighted by atomic mass is 10.2. The van der Waals surface area contributed by atoms with Crippen molar-refractivity contribution in [3.8, 4) is 0 Å². The normalized spacial score (nSPS) is 10.6. The fourth-order valence-corrected chi connectivity index (χ4v) is 1.34. The van der Waals surface area contributed by atoms with Crippen LogP contribution in [0.4, 0.5) is 0 Å². The van der Waals surface area contributed by atoms with Gasteiger partial charge in [-0.25, -0.2) is 0 Å². The Labute approximate surface area is 85.1 Å². The minimum absolute atomic E-state index is 0.717. The van der Waals surface area contributed by atoms with E-state index in [1.165, 1.54) is 0 Å². The molecule has 0 aromatic heterocycles. The standard InChI is InChI=1S/C9H8BrClO/c1-12-5-4-7-6-8(11)2-3-9(7)10/h2-6H,1H3/b5-4+. The molecule has 1 nitrogen and oxygen atoms in total. The average Bonchev–Trinajstić information content (AvgIpc) is 2.07. The number of methoxy groups -OCH3 is 1. The molecule has 0 saturated carbocycles. The highest BCUT2D eigenvalue weighted by Crippen LogP contribution is 2.22. The zero-order chi connectivity index (χ0) is 8.97. The van der Waals surface area contributed by atoms with Gasteiger partial charge in [0.25, 0.3) is 0 Å². The van der Waals surface area contributed by atoms with Crippen molar-refractivity contribution in [2.24, 2.45) is 0 Å². The molecule has 0 aliphatic carbocycles.